The Morgan fingerprint density at radius 1 is 0.347 bits per heavy atom. The van der Waals surface area contributed by atoms with E-state index in [9.17, 15) is 13.7 Å². The van der Waals surface area contributed by atoms with E-state index in [1.807, 2.05) is 0 Å². The van der Waals surface area contributed by atoms with Crippen LogP contribution in [0.2, 0.25) is 0 Å². The molecular formula is C48H30O. The molecule has 0 unspecified atom stereocenters. The second kappa shape index (κ2) is 11.1. The van der Waals surface area contributed by atoms with E-state index < -0.39 is 274 Å². The minimum atomic E-state index is -1.01. The van der Waals surface area contributed by atoms with Crippen molar-refractivity contribution < 1.29 is 44.2 Å². The van der Waals surface area contributed by atoms with Gasteiger partial charge in [-0.25, -0.2) is 0 Å². The average molecular weight is 652 g/mol. The molecule has 0 N–H and O–H groups in total. The summed E-state index contributed by atoms with van der Waals surface area (Å²) in [5.74, 6) is 0. The van der Waals surface area contributed by atoms with Gasteiger partial charge in [0.15, 0.2) is 0 Å². The van der Waals surface area contributed by atoms with E-state index in [1.165, 1.54) is 0 Å². The van der Waals surface area contributed by atoms with Crippen LogP contribution in [0.3, 0.4) is 0 Å². The third-order valence-electron chi connectivity index (χ3n) is 7.88. The van der Waals surface area contributed by atoms with Gasteiger partial charge in [-0.2, -0.15) is 0 Å². The number of fused-ring (bicyclic) bond motifs is 6. The lowest BCUT2D eigenvalue weighted by Gasteiger charge is -2.18. The first kappa shape index (κ1) is 11.3. The highest BCUT2D eigenvalue weighted by molar-refractivity contribution is 6.22. The van der Waals surface area contributed by atoms with Gasteiger partial charge in [0, 0.05) is 16.3 Å². The molecule has 0 aliphatic rings. The maximum atomic E-state index is 9.80. The molecule has 9 aromatic carbocycles. The Hall–Kier alpha value is -6.44. The van der Waals surface area contributed by atoms with Gasteiger partial charge in [-0.05, 0) is 95.4 Å². The Kier molecular flexibility index (Phi) is 2.56. The van der Waals surface area contributed by atoms with Crippen LogP contribution in [0.1, 0.15) is 39.8 Å². The van der Waals surface area contributed by atoms with Crippen molar-refractivity contribution in [1.29, 1.82) is 0 Å². The van der Waals surface area contributed by atoms with Gasteiger partial charge in [-0.1, -0.05) is 157 Å². The van der Waals surface area contributed by atoms with Gasteiger partial charge in [-0.15, -0.1) is 0 Å². The fourth-order valence-corrected chi connectivity index (χ4v) is 5.78. The van der Waals surface area contributed by atoms with Crippen molar-refractivity contribution in [2.24, 2.45) is 0 Å². The molecule has 0 spiro atoms. The lowest BCUT2D eigenvalue weighted by Crippen LogP contribution is -1.91. The monoisotopic (exact) mass is 651 g/mol. The molecule has 0 saturated carbocycles. The zero-order valence-electron chi connectivity index (χ0n) is 53.5. The predicted molar refractivity (Wildman–Crippen MR) is 208 cm³/mol. The normalized spacial score (nSPS) is 20.0. The lowest BCUT2D eigenvalue weighted by atomic mass is 9.85. The van der Waals surface area contributed by atoms with Crippen molar-refractivity contribution in [1.82, 2.24) is 0 Å². The van der Waals surface area contributed by atoms with E-state index in [0.29, 0.717) is 0 Å². The lowest BCUT2D eigenvalue weighted by molar-refractivity contribution is 0.670. The Labute approximate surface area is 325 Å². The zero-order chi connectivity index (χ0) is 57.5. The average Bonchev–Trinajstić information content (AvgIpc) is 3.49. The molecule has 0 fully saturated rings. The number of furan rings is 1. The molecule has 0 aliphatic carbocycles. The van der Waals surface area contributed by atoms with Gasteiger partial charge in [-0.3, -0.25) is 0 Å². The van der Waals surface area contributed by atoms with Gasteiger partial charge >= 0.3 is 0 Å². The van der Waals surface area contributed by atoms with E-state index in [2.05, 4.69) is 0 Å². The summed E-state index contributed by atoms with van der Waals surface area (Å²) in [6.07, 6.45) is 0. The number of hydrogen-bond donors (Lipinski definition) is 0. The van der Waals surface area contributed by atoms with Gasteiger partial charge in [0.2, 0.25) is 0 Å². The largest absolute Gasteiger partial charge is 0.455 e. The third-order valence-corrected chi connectivity index (χ3v) is 7.88. The highest BCUT2D eigenvalue weighted by Gasteiger charge is 2.19. The fraction of sp³-hybridized carbons (Fsp3) is 0. The standard InChI is InChI=1S/C48H30O/c1-2-13-32(14-3-1)38-22-11-23-44-39-27-26-37(30-45(39)49-48(38)44)47-42-20-8-6-18-40(42)46(41-19-7-9-21-43(41)47)36-17-10-16-34(29-36)35-25-24-31-12-4-5-15-33(31)28-35/h1-30H/i1D,2D,3D,4D,5D,6D,7D,8D,9D,10D,11D,12D,13D,14D,15D,17D,18D,19D,20D,21D,22D,23D,24D,25D,26D,27D,28D,29D,30D. The van der Waals surface area contributed by atoms with Crippen LogP contribution < -0.4 is 0 Å². The Bertz CT molecular complexity index is 4430. The molecule has 0 saturated heterocycles. The predicted octanol–water partition coefficient (Wildman–Crippen LogP) is 13.7. The SMILES string of the molecule is [2H]c1cc(-c2c([2H])c([2H])c3c([2H])c([2H])c([2H])c([2H])c3c2[2H])c([2H])c(-c2c3c([2H])c([2H])c([2H])c([2H])c3c(-c3c([2H])c([2H])c4c(oc5c(-c6c([2H])c([2H])c([2H])c([2H])c6[2H])c([2H])c([2H])c([2H])c54)c3[2H])c3c([2H])c([2H])c([2H])c([2H])c23)c1[2H]. The molecular weight excluding hydrogens is 593 g/mol. The molecule has 228 valence electrons. The summed E-state index contributed by atoms with van der Waals surface area (Å²) in [6, 6.07) is -25.3. The highest BCUT2D eigenvalue weighted by Crippen LogP contribution is 2.45. The quantitative estimate of drug-likeness (QED) is 0.173. The van der Waals surface area contributed by atoms with Gasteiger partial charge in [0.25, 0.3) is 0 Å². The third kappa shape index (κ3) is 4.47. The van der Waals surface area contributed by atoms with Crippen LogP contribution in [0.15, 0.2) is 186 Å². The second-order valence-corrected chi connectivity index (χ2v) is 10.6. The van der Waals surface area contributed by atoms with Crippen LogP contribution in [0.4, 0.5) is 0 Å². The van der Waals surface area contributed by atoms with Crippen LogP contribution in [0.25, 0.3) is 98.8 Å². The topological polar surface area (TPSA) is 13.1 Å². The van der Waals surface area contributed by atoms with Crippen molar-refractivity contribution in [2.75, 3.05) is 0 Å². The summed E-state index contributed by atoms with van der Waals surface area (Å²) in [7, 11) is 0. The molecule has 49 heavy (non-hydrogen) atoms. The van der Waals surface area contributed by atoms with Crippen LogP contribution in [-0.4, -0.2) is 0 Å². The molecule has 0 amide bonds. The van der Waals surface area contributed by atoms with Crippen molar-refractivity contribution >= 4 is 54.3 Å². The summed E-state index contributed by atoms with van der Waals surface area (Å²) < 4.78 is 266. The van der Waals surface area contributed by atoms with Gasteiger partial charge < -0.3 is 4.42 Å². The summed E-state index contributed by atoms with van der Waals surface area (Å²) in [5, 5.41) is -5.14. The van der Waals surface area contributed by atoms with E-state index in [-0.39, 0.29) is 0 Å². The van der Waals surface area contributed by atoms with Crippen LogP contribution in [0, 0.1) is 0 Å². The molecule has 10 rings (SSSR count). The van der Waals surface area contributed by atoms with E-state index >= 15 is 0 Å². The van der Waals surface area contributed by atoms with E-state index in [4.69, 9.17) is 30.5 Å². The zero-order valence-corrected chi connectivity index (χ0v) is 24.5. The van der Waals surface area contributed by atoms with Gasteiger partial charge in [0.05, 0.1) is 39.8 Å². The molecule has 1 nitrogen and oxygen atoms in total. The molecule has 1 aromatic heterocycles. The number of hydrogen-bond acceptors (Lipinski definition) is 1. The molecule has 1 heterocycles. The van der Waals surface area contributed by atoms with Crippen molar-refractivity contribution in [3.8, 4) is 44.5 Å². The number of rotatable bonds is 4. The molecule has 0 atom stereocenters. The van der Waals surface area contributed by atoms with Crippen LogP contribution in [0.5, 0.6) is 0 Å². The molecule has 10 aromatic rings. The Morgan fingerprint density at radius 2 is 0.939 bits per heavy atom. The molecule has 0 bridgehead atoms. The van der Waals surface area contributed by atoms with Crippen LogP contribution in [-0.2, 0) is 0 Å². The van der Waals surface area contributed by atoms with Crippen molar-refractivity contribution in [2.45, 2.75) is 0 Å². The Morgan fingerprint density at radius 3 is 1.67 bits per heavy atom. The first-order valence-corrected chi connectivity index (χ1v) is 14.5. The first-order chi connectivity index (χ1) is 36.4. The minimum Gasteiger partial charge on any atom is -0.455 e. The molecule has 1 heteroatoms. The van der Waals surface area contributed by atoms with Crippen molar-refractivity contribution in [3.63, 3.8) is 0 Å². The second-order valence-electron chi connectivity index (χ2n) is 10.6. The minimum absolute atomic E-state index is 0.520. The summed E-state index contributed by atoms with van der Waals surface area (Å²) in [4.78, 5) is 0. The van der Waals surface area contributed by atoms with E-state index in [0.717, 1.165) is 6.07 Å². The summed E-state index contributed by atoms with van der Waals surface area (Å²) >= 11 is 0. The Balaban J connectivity index is 1.44. The van der Waals surface area contributed by atoms with E-state index in [1.54, 1.807) is 0 Å². The maximum absolute atomic E-state index is 9.80. The smallest absolute Gasteiger partial charge is 0.143 e. The van der Waals surface area contributed by atoms with Gasteiger partial charge in [0.1, 0.15) is 11.2 Å². The first-order valence-electron chi connectivity index (χ1n) is 29.0. The highest BCUT2D eigenvalue weighted by atomic mass is 16.3. The number of benzene rings is 9. The van der Waals surface area contributed by atoms with Crippen molar-refractivity contribution in [3.05, 3.63) is 181 Å². The molecule has 0 aliphatic heterocycles. The summed E-state index contributed by atoms with van der Waals surface area (Å²) in [6.45, 7) is 0. The summed E-state index contributed by atoms with van der Waals surface area (Å²) in [5.41, 5.74) is -7.03. The molecule has 0 radical (unpaired) electrons. The maximum Gasteiger partial charge on any atom is 0.143 e. The van der Waals surface area contributed by atoms with Crippen LogP contribution >= 0.6 is 0 Å². The number of para-hydroxylation sites is 1. The fourth-order valence-electron chi connectivity index (χ4n) is 5.78.